The molecule has 0 aromatic carbocycles. The van der Waals surface area contributed by atoms with E-state index in [1.54, 1.807) is 6.08 Å². The van der Waals surface area contributed by atoms with Crippen molar-refractivity contribution >= 4 is 17.9 Å². The van der Waals surface area contributed by atoms with E-state index in [1.165, 1.54) is 19.3 Å². The number of carbonyl (C=O) groups excluding carboxylic acids is 2. The molecule has 8 nitrogen and oxygen atoms in total. The van der Waals surface area contributed by atoms with E-state index in [9.17, 15) is 19.5 Å². The molecule has 2 unspecified atom stereocenters. The number of carboxylic acid groups (broad SMARTS) is 1. The summed E-state index contributed by atoms with van der Waals surface area (Å²) < 4.78 is 17.0. The lowest BCUT2D eigenvalue weighted by Crippen LogP contribution is -2.50. The Bertz CT molecular complexity index is 1020. The quantitative estimate of drug-likeness (QED) is 0.0268. The number of nitrogens with zero attached hydrogens (tertiary/aromatic N) is 1. The molecule has 0 heterocycles. The molecule has 0 rings (SSSR count). The van der Waals surface area contributed by atoms with Crippen LogP contribution in [0.2, 0.25) is 0 Å². The Morgan fingerprint density at radius 2 is 1.25 bits per heavy atom. The number of ether oxygens (including phenoxy) is 3. The first-order valence-electron chi connectivity index (χ1n) is 18.0. The minimum Gasteiger partial charge on any atom is -0.477 e. The van der Waals surface area contributed by atoms with Crippen molar-refractivity contribution < 1.29 is 38.2 Å². The molecular formula is C40H66NO7+. The van der Waals surface area contributed by atoms with Crippen molar-refractivity contribution in [1.82, 2.24) is 0 Å². The van der Waals surface area contributed by atoms with Gasteiger partial charge in [-0.1, -0.05) is 119 Å². The van der Waals surface area contributed by atoms with E-state index < -0.39 is 24.1 Å². The Balaban J connectivity index is 4.51. The Labute approximate surface area is 291 Å². The zero-order valence-corrected chi connectivity index (χ0v) is 30.7. The predicted octanol–water partition coefficient (Wildman–Crippen LogP) is 8.85. The van der Waals surface area contributed by atoms with E-state index in [-0.39, 0.29) is 36.7 Å². The lowest BCUT2D eigenvalue weighted by Gasteiger charge is -2.31. The average Bonchev–Trinajstić information content (AvgIpc) is 3.03. The van der Waals surface area contributed by atoms with Gasteiger partial charge in [0.05, 0.1) is 40.8 Å². The minimum absolute atomic E-state index is 0.0169. The topological polar surface area (TPSA) is 99.1 Å². The molecule has 0 aliphatic rings. The SMILES string of the molecule is CC/C=C/C=C/C=C/CCCCCCCCCC(=O)OCC(COCCC(C(=O)O)[N+](C)(C)C)OC(=O)C/C=C/C/C=C/C/C=C/CC. The van der Waals surface area contributed by atoms with Crippen molar-refractivity contribution in [3.8, 4) is 0 Å². The van der Waals surface area contributed by atoms with E-state index in [4.69, 9.17) is 14.2 Å². The zero-order valence-electron chi connectivity index (χ0n) is 30.7. The molecule has 0 fully saturated rings. The highest BCUT2D eigenvalue weighted by molar-refractivity contribution is 5.72. The fraction of sp³-hybridized carbons (Fsp3) is 0.625. The van der Waals surface area contributed by atoms with Gasteiger partial charge in [0.2, 0.25) is 0 Å². The van der Waals surface area contributed by atoms with Crippen LogP contribution in [0.25, 0.3) is 0 Å². The van der Waals surface area contributed by atoms with Gasteiger partial charge < -0.3 is 23.8 Å². The number of hydrogen-bond acceptors (Lipinski definition) is 6. The fourth-order valence-corrected chi connectivity index (χ4v) is 4.68. The third-order valence-corrected chi connectivity index (χ3v) is 7.45. The summed E-state index contributed by atoms with van der Waals surface area (Å²) in [5.74, 6) is -1.65. The molecule has 0 amide bonds. The van der Waals surface area contributed by atoms with Crippen molar-refractivity contribution in [2.75, 3.05) is 41.0 Å². The van der Waals surface area contributed by atoms with Crippen LogP contribution in [0.3, 0.4) is 0 Å². The van der Waals surface area contributed by atoms with Crippen LogP contribution in [0.1, 0.15) is 110 Å². The molecule has 0 saturated carbocycles. The molecule has 0 radical (unpaired) electrons. The molecule has 0 spiro atoms. The van der Waals surface area contributed by atoms with E-state index in [0.29, 0.717) is 12.8 Å². The standard InChI is InChI=1S/C40H65NO7/c1-6-8-10-12-14-16-17-18-19-20-21-23-24-26-28-30-38(42)47-35-36(34-46-33-32-37(40(44)45)41(3,4)5)48-39(43)31-29-27-25-22-15-13-11-9-7-2/h8-12,14-17,22,27,29,36-37H,6-7,13,18-21,23-26,28,30-35H2,1-5H3/p+1/b10-8+,11-9+,14-12+,17-16+,22-15+,29-27+. The first-order valence-corrected chi connectivity index (χ1v) is 18.0. The van der Waals surface area contributed by atoms with Crippen molar-refractivity contribution in [2.45, 2.75) is 122 Å². The third-order valence-electron chi connectivity index (χ3n) is 7.45. The number of carboxylic acids is 1. The summed E-state index contributed by atoms with van der Waals surface area (Å²) >= 11 is 0. The predicted molar refractivity (Wildman–Crippen MR) is 197 cm³/mol. The summed E-state index contributed by atoms with van der Waals surface area (Å²) in [4.78, 5) is 36.6. The molecule has 0 aliphatic carbocycles. The summed E-state index contributed by atoms with van der Waals surface area (Å²) in [6.07, 6.45) is 37.0. The van der Waals surface area contributed by atoms with Crippen LogP contribution in [0.4, 0.5) is 0 Å². The second-order valence-corrected chi connectivity index (χ2v) is 12.8. The van der Waals surface area contributed by atoms with Gasteiger partial charge in [-0.05, 0) is 44.9 Å². The maximum atomic E-state index is 12.5. The van der Waals surface area contributed by atoms with E-state index in [0.717, 1.165) is 57.8 Å². The van der Waals surface area contributed by atoms with Gasteiger partial charge in [0.15, 0.2) is 12.1 Å². The third kappa shape index (κ3) is 29.0. The van der Waals surface area contributed by atoms with Crippen molar-refractivity contribution in [3.63, 3.8) is 0 Å². The number of hydrogen-bond donors (Lipinski definition) is 1. The summed E-state index contributed by atoms with van der Waals surface area (Å²) in [6.45, 7) is 4.32. The lowest BCUT2D eigenvalue weighted by molar-refractivity contribution is -0.887. The molecule has 0 saturated heterocycles. The highest BCUT2D eigenvalue weighted by atomic mass is 16.6. The van der Waals surface area contributed by atoms with Crippen LogP contribution in [0.5, 0.6) is 0 Å². The first kappa shape index (κ1) is 44.8. The van der Waals surface area contributed by atoms with Crippen molar-refractivity contribution in [2.24, 2.45) is 0 Å². The van der Waals surface area contributed by atoms with Crippen LogP contribution in [0, 0.1) is 0 Å². The molecule has 0 aromatic rings. The number of allylic oxidation sites excluding steroid dienone is 11. The average molecular weight is 673 g/mol. The lowest BCUT2D eigenvalue weighted by atomic mass is 10.1. The van der Waals surface area contributed by atoms with Crippen LogP contribution < -0.4 is 0 Å². The summed E-state index contributed by atoms with van der Waals surface area (Å²) in [7, 11) is 5.47. The smallest absolute Gasteiger partial charge is 0.362 e. The van der Waals surface area contributed by atoms with Crippen LogP contribution >= 0.6 is 0 Å². The molecule has 0 aliphatic heterocycles. The number of unbranched alkanes of at least 4 members (excludes halogenated alkanes) is 7. The molecule has 2 atom stereocenters. The highest BCUT2D eigenvalue weighted by Gasteiger charge is 2.31. The maximum absolute atomic E-state index is 12.5. The number of rotatable bonds is 30. The van der Waals surface area contributed by atoms with Crippen molar-refractivity contribution in [3.05, 3.63) is 72.9 Å². The number of quaternary nitrogens is 1. The fourth-order valence-electron chi connectivity index (χ4n) is 4.68. The van der Waals surface area contributed by atoms with Crippen LogP contribution in [-0.2, 0) is 28.6 Å². The van der Waals surface area contributed by atoms with Gasteiger partial charge in [0.1, 0.15) is 6.61 Å². The highest BCUT2D eigenvalue weighted by Crippen LogP contribution is 2.12. The van der Waals surface area contributed by atoms with Gasteiger partial charge in [0, 0.05) is 12.8 Å². The van der Waals surface area contributed by atoms with E-state index >= 15 is 0 Å². The molecule has 0 aromatic heterocycles. The van der Waals surface area contributed by atoms with Gasteiger partial charge >= 0.3 is 17.9 Å². The number of carbonyl (C=O) groups is 3. The second kappa shape index (κ2) is 31.1. The van der Waals surface area contributed by atoms with Gasteiger partial charge in [-0.2, -0.15) is 0 Å². The monoisotopic (exact) mass is 672 g/mol. The van der Waals surface area contributed by atoms with Crippen LogP contribution in [0.15, 0.2) is 72.9 Å². The molecule has 1 N–H and O–H groups in total. The summed E-state index contributed by atoms with van der Waals surface area (Å²) in [5, 5.41) is 9.55. The normalized spacial score (nSPS) is 13.9. The van der Waals surface area contributed by atoms with Gasteiger partial charge in [-0.15, -0.1) is 0 Å². The second-order valence-electron chi connectivity index (χ2n) is 12.8. The number of esters is 2. The molecular weight excluding hydrogens is 606 g/mol. The van der Waals surface area contributed by atoms with Gasteiger partial charge in [-0.3, -0.25) is 9.59 Å². The molecule has 8 heteroatoms. The largest absolute Gasteiger partial charge is 0.477 e. The zero-order chi connectivity index (χ0) is 35.7. The molecule has 0 bridgehead atoms. The van der Waals surface area contributed by atoms with E-state index in [2.05, 4.69) is 68.5 Å². The Morgan fingerprint density at radius 1 is 0.667 bits per heavy atom. The Kier molecular flexibility index (Phi) is 29.0. The number of aliphatic carboxylic acids is 1. The minimum atomic E-state index is -0.894. The summed E-state index contributed by atoms with van der Waals surface area (Å²) in [6, 6.07) is -0.631. The molecule has 48 heavy (non-hydrogen) atoms. The van der Waals surface area contributed by atoms with Gasteiger partial charge in [0.25, 0.3) is 0 Å². The maximum Gasteiger partial charge on any atom is 0.362 e. The Morgan fingerprint density at radius 3 is 1.88 bits per heavy atom. The Hall–Kier alpha value is -3.23. The van der Waals surface area contributed by atoms with E-state index in [1.807, 2.05) is 33.3 Å². The van der Waals surface area contributed by atoms with Crippen molar-refractivity contribution in [1.29, 1.82) is 0 Å². The van der Waals surface area contributed by atoms with Crippen LogP contribution in [-0.4, -0.2) is 80.6 Å². The first-order chi connectivity index (χ1) is 23.1. The molecule has 272 valence electrons. The number of likely N-dealkylation sites (N-methyl/N-ethyl adjacent to an activating group) is 1. The summed E-state index contributed by atoms with van der Waals surface area (Å²) in [5.41, 5.74) is 0. The van der Waals surface area contributed by atoms with Gasteiger partial charge in [-0.25, -0.2) is 4.79 Å².